The van der Waals surface area contributed by atoms with E-state index < -0.39 is 23.3 Å². The zero-order valence-electron chi connectivity index (χ0n) is 16.8. The molecule has 3 aliphatic rings. The van der Waals surface area contributed by atoms with Crippen LogP contribution < -0.4 is 5.32 Å². The highest BCUT2D eigenvalue weighted by molar-refractivity contribution is 5.79. The molecule has 1 aliphatic heterocycles. The summed E-state index contributed by atoms with van der Waals surface area (Å²) in [6.45, 7) is 4.29. The Labute approximate surface area is 166 Å². The molecule has 3 fully saturated rings. The molecule has 2 aliphatic carbocycles. The lowest BCUT2D eigenvalue weighted by atomic mass is 9.66. The summed E-state index contributed by atoms with van der Waals surface area (Å²) in [6, 6.07) is 4.27. The summed E-state index contributed by atoms with van der Waals surface area (Å²) in [6.07, 6.45) is 7.00. The minimum atomic E-state index is -0.850. The highest BCUT2D eigenvalue weighted by Gasteiger charge is 2.50. The Morgan fingerprint density at radius 2 is 1.93 bits per heavy atom. The topological polar surface area (TPSA) is 38.3 Å². The quantitative estimate of drug-likeness (QED) is 0.760. The molecule has 154 valence electrons. The van der Waals surface area contributed by atoms with Crippen LogP contribution in [0.1, 0.15) is 76.9 Å². The Balaban J connectivity index is 1.62. The maximum absolute atomic E-state index is 14.5. The molecule has 1 N–H and O–H groups in total. The second-order valence-corrected chi connectivity index (χ2v) is 9.42. The minimum Gasteiger partial charge on any atom is -0.370 e. The van der Waals surface area contributed by atoms with Crippen LogP contribution in [0.25, 0.3) is 0 Å². The van der Waals surface area contributed by atoms with Crippen LogP contribution in [0.15, 0.2) is 18.2 Å². The maximum atomic E-state index is 14.5. The van der Waals surface area contributed by atoms with Crippen molar-refractivity contribution in [3.8, 4) is 0 Å². The van der Waals surface area contributed by atoms with Crippen LogP contribution >= 0.6 is 0 Å². The standard InChI is InChI=1S/C23H31F2NO2/c1-14-10-11-17-19(12-14)28-20(16-8-5-9-18(24)21(16)25)13-23(17,2)26-22(27)15-6-3-4-7-15/h5,8-9,14-15,17,19-20H,3-4,6-7,10-13H2,1-2H3,(H,26,27)/t14-,17-,19-,20-,23-/m0/s1. The number of hydrogen-bond acceptors (Lipinski definition) is 2. The Bertz CT molecular complexity index is 733. The van der Waals surface area contributed by atoms with Crippen molar-refractivity contribution in [2.24, 2.45) is 17.8 Å². The van der Waals surface area contributed by atoms with E-state index in [1.165, 1.54) is 6.07 Å². The Morgan fingerprint density at radius 1 is 1.18 bits per heavy atom. The smallest absolute Gasteiger partial charge is 0.223 e. The van der Waals surface area contributed by atoms with Crippen LogP contribution in [0, 0.1) is 29.4 Å². The third-order valence-electron chi connectivity index (χ3n) is 7.28. The van der Waals surface area contributed by atoms with Crippen LogP contribution in [0.4, 0.5) is 8.78 Å². The molecule has 28 heavy (non-hydrogen) atoms. The van der Waals surface area contributed by atoms with Gasteiger partial charge in [-0.1, -0.05) is 38.3 Å². The predicted octanol–water partition coefficient (Wildman–Crippen LogP) is 5.30. The van der Waals surface area contributed by atoms with Gasteiger partial charge in [-0.3, -0.25) is 4.79 Å². The second kappa shape index (κ2) is 7.74. The molecule has 3 nitrogen and oxygen atoms in total. The molecule has 1 saturated heterocycles. The molecule has 5 heteroatoms. The van der Waals surface area contributed by atoms with Crippen LogP contribution in [-0.4, -0.2) is 17.6 Å². The molecule has 1 heterocycles. The number of carbonyl (C=O) groups excluding carboxylic acids is 1. The molecule has 0 spiro atoms. The van der Waals surface area contributed by atoms with Gasteiger partial charge in [0.25, 0.3) is 0 Å². The van der Waals surface area contributed by atoms with Gasteiger partial charge in [-0.2, -0.15) is 0 Å². The molecule has 5 atom stereocenters. The van der Waals surface area contributed by atoms with Gasteiger partial charge in [0, 0.05) is 29.4 Å². The summed E-state index contributed by atoms with van der Waals surface area (Å²) >= 11 is 0. The number of halogens is 2. The maximum Gasteiger partial charge on any atom is 0.223 e. The van der Waals surface area contributed by atoms with Crippen LogP contribution in [0.3, 0.4) is 0 Å². The first kappa shape index (κ1) is 19.8. The lowest BCUT2D eigenvalue weighted by molar-refractivity contribution is -0.155. The monoisotopic (exact) mass is 391 g/mol. The predicted molar refractivity (Wildman–Crippen MR) is 104 cm³/mol. The molecule has 4 rings (SSSR count). The first-order valence-electron chi connectivity index (χ1n) is 10.8. The molecular formula is C23H31F2NO2. The molecule has 2 saturated carbocycles. The van der Waals surface area contributed by atoms with E-state index in [9.17, 15) is 13.6 Å². The molecule has 1 aromatic carbocycles. The number of rotatable bonds is 3. The van der Waals surface area contributed by atoms with Crippen molar-refractivity contribution < 1.29 is 18.3 Å². The Morgan fingerprint density at radius 3 is 2.68 bits per heavy atom. The highest BCUT2D eigenvalue weighted by Crippen LogP contribution is 2.48. The first-order valence-corrected chi connectivity index (χ1v) is 10.8. The molecule has 0 aromatic heterocycles. The number of amides is 1. The van der Waals surface area contributed by atoms with Crippen molar-refractivity contribution in [1.29, 1.82) is 0 Å². The molecule has 0 radical (unpaired) electrons. The normalized spacial score (nSPS) is 36.1. The summed E-state index contributed by atoms with van der Waals surface area (Å²) in [5, 5.41) is 3.35. The molecular weight excluding hydrogens is 360 g/mol. The third-order valence-corrected chi connectivity index (χ3v) is 7.28. The van der Waals surface area contributed by atoms with Crippen molar-refractivity contribution in [2.45, 2.75) is 83.0 Å². The van der Waals surface area contributed by atoms with Crippen LogP contribution in [0.5, 0.6) is 0 Å². The van der Waals surface area contributed by atoms with E-state index >= 15 is 0 Å². The van der Waals surface area contributed by atoms with E-state index in [0.29, 0.717) is 12.3 Å². The average molecular weight is 392 g/mol. The Hall–Kier alpha value is -1.49. The van der Waals surface area contributed by atoms with Crippen molar-refractivity contribution >= 4 is 5.91 Å². The van der Waals surface area contributed by atoms with Crippen LogP contribution in [0.2, 0.25) is 0 Å². The summed E-state index contributed by atoms with van der Waals surface area (Å²) in [4.78, 5) is 12.9. The van der Waals surface area contributed by atoms with E-state index in [0.717, 1.165) is 51.0 Å². The molecule has 1 aromatic rings. The summed E-state index contributed by atoms with van der Waals surface area (Å²) in [5.74, 6) is -0.729. The fourth-order valence-electron chi connectivity index (χ4n) is 5.67. The molecule has 0 bridgehead atoms. The van der Waals surface area contributed by atoms with Crippen molar-refractivity contribution in [3.63, 3.8) is 0 Å². The number of nitrogens with one attached hydrogen (secondary N) is 1. The zero-order chi connectivity index (χ0) is 19.9. The summed E-state index contributed by atoms with van der Waals surface area (Å²) in [7, 11) is 0. The zero-order valence-corrected chi connectivity index (χ0v) is 16.8. The van der Waals surface area contributed by atoms with Gasteiger partial charge >= 0.3 is 0 Å². The van der Waals surface area contributed by atoms with Gasteiger partial charge in [0.15, 0.2) is 11.6 Å². The van der Waals surface area contributed by atoms with E-state index in [-0.39, 0.29) is 29.4 Å². The number of benzene rings is 1. The summed E-state index contributed by atoms with van der Waals surface area (Å²) < 4.78 is 34.7. The highest BCUT2D eigenvalue weighted by atomic mass is 19.2. The largest absolute Gasteiger partial charge is 0.370 e. The lowest BCUT2D eigenvalue weighted by Crippen LogP contribution is -2.61. The van der Waals surface area contributed by atoms with Gasteiger partial charge in [-0.15, -0.1) is 0 Å². The van der Waals surface area contributed by atoms with E-state index in [2.05, 4.69) is 19.2 Å². The second-order valence-electron chi connectivity index (χ2n) is 9.42. The average Bonchev–Trinajstić information content (AvgIpc) is 3.18. The molecule has 0 unspecified atom stereocenters. The number of hydrogen-bond donors (Lipinski definition) is 1. The van der Waals surface area contributed by atoms with Gasteiger partial charge in [0.2, 0.25) is 5.91 Å². The van der Waals surface area contributed by atoms with Gasteiger partial charge in [-0.05, 0) is 44.6 Å². The van der Waals surface area contributed by atoms with E-state index in [4.69, 9.17) is 4.74 Å². The Kier molecular flexibility index (Phi) is 5.47. The third kappa shape index (κ3) is 3.70. The van der Waals surface area contributed by atoms with Gasteiger partial charge < -0.3 is 10.1 Å². The van der Waals surface area contributed by atoms with Crippen LogP contribution in [-0.2, 0) is 9.53 Å². The van der Waals surface area contributed by atoms with Gasteiger partial charge in [0.1, 0.15) is 0 Å². The van der Waals surface area contributed by atoms with Crippen molar-refractivity contribution in [3.05, 3.63) is 35.4 Å². The SMILES string of the molecule is C[C@H]1CC[C@H]2[C@H](C1)O[C@H](c1cccc(F)c1F)C[C@]2(C)NC(=O)C1CCCC1. The lowest BCUT2D eigenvalue weighted by Gasteiger charge is -2.52. The van der Waals surface area contributed by atoms with Gasteiger partial charge in [-0.25, -0.2) is 8.78 Å². The first-order chi connectivity index (χ1) is 13.4. The molecule has 1 amide bonds. The minimum absolute atomic E-state index is 0.0426. The fourth-order valence-corrected chi connectivity index (χ4v) is 5.67. The number of ether oxygens (including phenoxy) is 1. The van der Waals surface area contributed by atoms with E-state index in [1.807, 2.05) is 0 Å². The summed E-state index contributed by atoms with van der Waals surface area (Å²) in [5.41, 5.74) is -0.204. The van der Waals surface area contributed by atoms with E-state index in [1.54, 1.807) is 6.07 Å². The fraction of sp³-hybridized carbons (Fsp3) is 0.696. The number of carbonyl (C=O) groups is 1. The van der Waals surface area contributed by atoms with Gasteiger partial charge in [0.05, 0.1) is 12.2 Å². The van der Waals surface area contributed by atoms with Crippen molar-refractivity contribution in [2.75, 3.05) is 0 Å². The van der Waals surface area contributed by atoms with Crippen molar-refractivity contribution in [1.82, 2.24) is 5.32 Å². The number of fused-ring (bicyclic) bond motifs is 1.